The first-order valence-corrected chi connectivity index (χ1v) is 17.9. The van der Waals surface area contributed by atoms with Gasteiger partial charge in [0.2, 0.25) is 0 Å². The van der Waals surface area contributed by atoms with Crippen molar-refractivity contribution in [2.45, 2.75) is 142 Å². The fraction of sp³-hybridized carbons (Fsp3) is 0.812. The number of aliphatic carboxylic acids is 1. The van der Waals surface area contributed by atoms with Gasteiger partial charge in [-0.05, 0) is 51.4 Å². The maximum absolute atomic E-state index is 12.4. The molecule has 0 aliphatic heterocycles. The molecule has 0 aromatic rings. The summed E-state index contributed by atoms with van der Waals surface area (Å²) in [5.74, 6) is -1.80. The van der Waals surface area contributed by atoms with Crippen LogP contribution in [0.1, 0.15) is 129 Å². The van der Waals surface area contributed by atoms with Gasteiger partial charge in [-0.3, -0.25) is 18.6 Å². The highest BCUT2D eigenvalue weighted by Crippen LogP contribution is 2.43. The van der Waals surface area contributed by atoms with Crippen molar-refractivity contribution in [1.29, 1.82) is 0 Å². The van der Waals surface area contributed by atoms with Crippen LogP contribution in [0.25, 0.3) is 0 Å². The van der Waals surface area contributed by atoms with Crippen LogP contribution in [0.2, 0.25) is 0 Å². The van der Waals surface area contributed by atoms with Gasteiger partial charge in [0.25, 0.3) is 0 Å². The largest absolute Gasteiger partial charge is 0.480 e. The molecular formula is C32H60NO9P. The summed E-state index contributed by atoms with van der Waals surface area (Å²) in [4.78, 5) is 33.2. The minimum Gasteiger partial charge on any atom is -0.480 e. The summed E-state index contributed by atoms with van der Waals surface area (Å²) in [6.07, 6.45) is 26.7. The van der Waals surface area contributed by atoms with Crippen molar-refractivity contribution in [3.05, 3.63) is 24.3 Å². The lowest BCUT2D eigenvalue weighted by Gasteiger charge is -2.20. The molecule has 0 fully saturated rings. The van der Waals surface area contributed by atoms with Crippen molar-refractivity contribution in [3.8, 4) is 0 Å². The number of carboxylic acids is 1. The van der Waals surface area contributed by atoms with Crippen LogP contribution in [-0.4, -0.2) is 60.5 Å². The van der Waals surface area contributed by atoms with E-state index in [2.05, 4.69) is 42.7 Å². The van der Waals surface area contributed by atoms with Crippen LogP contribution < -0.4 is 5.73 Å². The van der Waals surface area contributed by atoms with Gasteiger partial charge in [-0.1, -0.05) is 95.9 Å². The molecular weight excluding hydrogens is 573 g/mol. The van der Waals surface area contributed by atoms with Crippen LogP contribution in [-0.2, 0) is 32.7 Å². The van der Waals surface area contributed by atoms with Crippen molar-refractivity contribution in [2.75, 3.05) is 26.4 Å². The van der Waals surface area contributed by atoms with Gasteiger partial charge in [-0.15, -0.1) is 0 Å². The number of carbonyl (C=O) groups excluding carboxylic acids is 1. The fourth-order valence-electron chi connectivity index (χ4n) is 4.08. The highest BCUT2D eigenvalue weighted by atomic mass is 31.2. The molecule has 11 heteroatoms. The molecule has 43 heavy (non-hydrogen) atoms. The second kappa shape index (κ2) is 29.2. The predicted molar refractivity (Wildman–Crippen MR) is 171 cm³/mol. The van der Waals surface area contributed by atoms with E-state index < -0.39 is 45.1 Å². The number of nitrogens with two attached hydrogens (primary N) is 1. The van der Waals surface area contributed by atoms with Crippen LogP contribution in [0.5, 0.6) is 0 Å². The standard InChI is InChI=1S/C32H60NO9P/c1-3-5-7-9-11-13-15-17-19-21-23-25-39-26-29(27-40-43(37,38)41-28-30(33)32(35)36)42-31(34)24-22-20-18-16-14-12-10-8-6-4-2/h7-10,29-30H,3-6,11-28,33H2,1-2H3,(H,35,36)(H,37,38)/b9-7-,10-8-. The van der Waals surface area contributed by atoms with E-state index in [1.54, 1.807) is 0 Å². The number of unbranched alkanes of at least 4 members (excludes halogenated alkanes) is 13. The molecule has 3 unspecified atom stereocenters. The molecule has 0 saturated heterocycles. The zero-order valence-corrected chi connectivity index (χ0v) is 27.7. The van der Waals surface area contributed by atoms with Crippen LogP contribution in [0.3, 0.4) is 0 Å². The van der Waals surface area contributed by atoms with Crippen molar-refractivity contribution in [2.24, 2.45) is 5.73 Å². The summed E-state index contributed by atoms with van der Waals surface area (Å²) < 4.78 is 33.0. The van der Waals surface area contributed by atoms with E-state index in [4.69, 9.17) is 24.8 Å². The number of phosphoric ester groups is 1. The fourth-order valence-corrected chi connectivity index (χ4v) is 4.85. The third kappa shape index (κ3) is 28.9. The first kappa shape index (κ1) is 41.4. The number of ether oxygens (including phenoxy) is 2. The molecule has 10 nitrogen and oxygen atoms in total. The Labute approximate surface area is 260 Å². The Bertz CT molecular complexity index is 791. The molecule has 0 aromatic heterocycles. The van der Waals surface area contributed by atoms with Gasteiger partial charge in [-0.2, -0.15) is 0 Å². The average molecular weight is 634 g/mol. The van der Waals surface area contributed by atoms with Crippen LogP contribution in [0.4, 0.5) is 0 Å². The topological polar surface area (TPSA) is 155 Å². The number of carbonyl (C=O) groups is 2. The SMILES string of the molecule is CCC/C=C\CCCCCCCCOCC(COP(=O)(O)OCC(N)C(=O)O)OC(=O)CCCCCCC/C=C\CCC. The number of phosphoric acid groups is 1. The monoisotopic (exact) mass is 633 g/mol. The summed E-state index contributed by atoms with van der Waals surface area (Å²) >= 11 is 0. The van der Waals surface area contributed by atoms with Crippen LogP contribution in [0.15, 0.2) is 24.3 Å². The molecule has 252 valence electrons. The lowest BCUT2D eigenvalue weighted by Crippen LogP contribution is -2.34. The zero-order valence-electron chi connectivity index (χ0n) is 26.8. The van der Waals surface area contributed by atoms with E-state index in [1.807, 2.05) is 0 Å². The van der Waals surface area contributed by atoms with Gasteiger partial charge in [-0.25, -0.2) is 4.57 Å². The number of hydrogen-bond donors (Lipinski definition) is 3. The minimum absolute atomic E-state index is 0.00994. The molecule has 0 spiro atoms. The molecule has 3 atom stereocenters. The Balaban J connectivity index is 4.40. The summed E-state index contributed by atoms with van der Waals surface area (Å²) in [5, 5.41) is 8.82. The predicted octanol–water partition coefficient (Wildman–Crippen LogP) is 7.63. The summed E-state index contributed by atoms with van der Waals surface area (Å²) in [5.41, 5.74) is 5.31. The van der Waals surface area contributed by atoms with E-state index in [-0.39, 0.29) is 13.0 Å². The van der Waals surface area contributed by atoms with Crippen LogP contribution in [0, 0.1) is 0 Å². The Morgan fingerprint density at radius 1 is 0.721 bits per heavy atom. The lowest BCUT2D eigenvalue weighted by molar-refractivity contribution is -0.154. The van der Waals surface area contributed by atoms with Crippen LogP contribution >= 0.6 is 7.82 Å². The van der Waals surface area contributed by atoms with Gasteiger partial charge >= 0.3 is 19.8 Å². The molecule has 0 bridgehead atoms. The Hall–Kier alpha value is -1.55. The molecule has 0 radical (unpaired) electrons. The average Bonchev–Trinajstić information content (AvgIpc) is 2.97. The number of rotatable bonds is 31. The normalized spacial score (nSPS) is 14.7. The lowest BCUT2D eigenvalue weighted by atomic mass is 10.1. The molecule has 0 aromatic carbocycles. The van der Waals surface area contributed by atoms with Gasteiger partial charge in [0.1, 0.15) is 12.1 Å². The van der Waals surface area contributed by atoms with E-state index in [9.17, 15) is 19.0 Å². The highest BCUT2D eigenvalue weighted by Gasteiger charge is 2.27. The third-order valence-corrected chi connectivity index (χ3v) is 7.62. The quantitative estimate of drug-likeness (QED) is 0.0300. The van der Waals surface area contributed by atoms with Crippen molar-refractivity contribution < 1.29 is 42.7 Å². The third-order valence-electron chi connectivity index (χ3n) is 6.67. The molecule has 0 rings (SSSR count). The molecule has 0 heterocycles. The minimum atomic E-state index is -4.60. The molecule has 0 aliphatic carbocycles. The molecule has 0 saturated carbocycles. The first-order chi connectivity index (χ1) is 20.7. The second-order valence-electron chi connectivity index (χ2n) is 10.9. The van der Waals surface area contributed by atoms with Gasteiger partial charge in [0, 0.05) is 13.0 Å². The number of hydrogen-bond acceptors (Lipinski definition) is 8. The Morgan fingerprint density at radius 2 is 1.21 bits per heavy atom. The second-order valence-corrected chi connectivity index (χ2v) is 12.4. The molecule has 0 aliphatic rings. The maximum atomic E-state index is 12.4. The van der Waals surface area contributed by atoms with E-state index >= 15 is 0 Å². The molecule has 4 N–H and O–H groups in total. The van der Waals surface area contributed by atoms with E-state index in [1.165, 1.54) is 25.7 Å². The first-order valence-electron chi connectivity index (χ1n) is 16.4. The highest BCUT2D eigenvalue weighted by molar-refractivity contribution is 7.47. The van der Waals surface area contributed by atoms with Gasteiger partial charge in [0.15, 0.2) is 0 Å². The Morgan fingerprint density at radius 3 is 1.77 bits per heavy atom. The number of esters is 1. The summed E-state index contributed by atoms with van der Waals surface area (Å²) in [6.45, 7) is 3.70. The zero-order chi connectivity index (χ0) is 32.0. The number of carboxylic acid groups (broad SMARTS) is 1. The summed E-state index contributed by atoms with van der Waals surface area (Å²) in [6, 6.07) is -1.47. The van der Waals surface area contributed by atoms with Gasteiger partial charge < -0.3 is 25.2 Å². The van der Waals surface area contributed by atoms with Crippen molar-refractivity contribution in [1.82, 2.24) is 0 Å². The van der Waals surface area contributed by atoms with Gasteiger partial charge in [0.05, 0.1) is 19.8 Å². The van der Waals surface area contributed by atoms with E-state index in [0.29, 0.717) is 13.0 Å². The maximum Gasteiger partial charge on any atom is 0.472 e. The van der Waals surface area contributed by atoms with E-state index in [0.717, 1.165) is 77.0 Å². The van der Waals surface area contributed by atoms with Crippen molar-refractivity contribution in [3.63, 3.8) is 0 Å². The Kier molecular flexibility index (Phi) is 28.1. The molecule has 0 amide bonds. The van der Waals surface area contributed by atoms with Crippen molar-refractivity contribution >= 4 is 19.8 Å². The summed E-state index contributed by atoms with van der Waals surface area (Å²) in [7, 11) is -4.60. The smallest absolute Gasteiger partial charge is 0.472 e. The number of allylic oxidation sites excluding steroid dienone is 4.